The molecule has 5 nitrogen and oxygen atoms in total. The van der Waals surface area contributed by atoms with Crippen LogP contribution >= 0.6 is 0 Å². The zero-order valence-electron chi connectivity index (χ0n) is 13.9. The molecule has 2 rings (SSSR count). The number of benzene rings is 1. The number of amides is 1. The molecule has 0 saturated carbocycles. The van der Waals surface area contributed by atoms with Gasteiger partial charge in [-0.25, -0.2) is 0 Å². The van der Waals surface area contributed by atoms with Crippen molar-refractivity contribution in [2.24, 2.45) is 0 Å². The fourth-order valence-corrected chi connectivity index (χ4v) is 2.93. The standard InChI is InChI=1S/C17H26N2O3/c1-12(15-11-14(21-3)7-8-16(15)22-4)18-13(2)17(20)19-9-5-6-10-19/h7-8,11-13,18H,5-6,9-10H2,1-4H3. The van der Waals surface area contributed by atoms with Crippen LogP contribution in [0.5, 0.6) is 11.5 Å². The molecule has 2 atom stereocenters. The van der Waals surface area contributed by atoms with Crippen LogP contribution < -0.4 is 14.8 Å². The third-order valence-corrected chi connectivity index (χ3v) is 4.19. The lowest BCUT2D eigenvalue weighted by molar-refractivity contribution is -0.132. The molecule has 0 radical (unpaired) electrons. The number of methoxy groups -OCH3 is 2. The first-order chi connectivity index (χ1) is 10.6. The first kappa shape index (κ1) is 16.6. The molecule has 0 aliphatic carbocycles. The zero-order chi connectivity index (χ0) is 16.1. The summed E-state index contributed by atoms with van der Waals surface area (Å²) in [6, 6.07) is 5.48. The van der Waals surface area contributed by atoms with Crippen molar-refractivity contribution in [1.29, 1.82) is 0 Å². The molecule has 1 saturated heterocycles. The lowest BCUT2D eigenvalue weighted by Gasteiger charge is -2.25. The highest BCUT2D eigenvalue weighted by molar-refractivity contribution is 5.81. The highest BCUT2D eigenvalue weighted by Gasteiger charge is 2.25. The topological polar surface area (TPSA) is 50.8 Å². The number of ether oxygens (including phenoxy) is 2. The second-order valence-corrected chi connectivity index (χ2v) is 5.75. The summed E-state index contributed by atoms with van der Waals surface area (Å²) in [7, 11) is 3.29. The van der Waals surface area contributed by atoms with Crippen LogP contribution in [0.1, 0.15) is 38.3 Å². The Balaban J connectivity index is 2.07. The Morgan fingerprint density at radius 2 is 1.86 bits per heavy atom. The van der Waals surface area contributed by atoms with Crippen molar-refractivity contribution >= 4 is 5.91 Å². The van der Waals surface area contributed by atoms with E-state index in [-0.39, 0.29) is 18.0 Å². The molecule has 2 unspecified atom stereocenters. The van der Waals surface area contributed by atoms with Crippen molar-refractivity contribution in [3.05, 3.63) is 23.8 Å². The first-order valence-electron chi connectivity index (χ1n) is 7.83. The van der Waals surface area contributed by atoms with E-state index in [1.54, 1.807) is 14.2 Å². The number of carbonyl (C=O) groups is 1. The van der Waals surface area contributed by atoms with Crippen LogP contribution in [-0.4, -0.2) is 44.2 Å². The second-order valence-electron chi connectivity index (χ2n) is 5.75. The molecule has 1 aromatic rings. The maximum Gasteiger partial charge on any atom is 0.239 e. The highest BCUT2D eigenvalue weighted by atomic mass is 16.5. The molecule has 1 aliphatic rings. The van der Waals surface area contributed by atoms with E-state index in [1.807, 2.05) is 36.9 Å². The quantitative estimate of drug-likeness (QED) is 0.876. The number of nitrogens with one attached hydrogen (secondary N) is 1. The molecule has 1 N–H and O–H groups in total. The summed E-state index contributed by atoms with van der Waals surface area (Å²) in [5, 5.41) is 3.37. The lowest BCUT2D eigenvalue weighted by atomic mass is 10.1. The molecule has 22 heavy (non-hydrogen) atoms. The van der Waals surface area contributed by atoms with E-state index < -0.39 is 0 Å². The van der Waals surface area contributed by atoms with Crippen LogP contribution in [0.25, 0.3) is 0 Å². The highest BCUT2D eigenvalue weighted by Crippen LogP contribution is 2.29. The van der Waals surface area contributed by atoms with Crippen LogP contribution in [-0.2, 0) is 4.79 Å². The van der Waals surface area contributed by atoms with Crippen LogP contribution in [0.2, 0.25) is 0 Å². The van der Waals surface area contributed by atoms with E-state index in [4.69, 9.17) is 9.47 Å². The lowest BCUT2D eigenvalue weighted by Crippen LogP contribution is -2.44. The summed E-state index contributed by atoms with van der Waals surface area (Å²) in [6.07, 6.45) is 2.22. The number of rotatable bonds is 6. The SMILES string of the molecule is COc1ccc(OC)c(C(C)NC(C)C(=O)N2CCCC2)c1. The number of hydrogen-bond donors (Lipinski definition) is 1. The van der Waals surface area contributed by atoms with E-state index in [9.17, 15) is 4.79 Å². The van der Waals surface area contributed by atoms with E-state index in [2.05, 4.69) is 5.32 Å². The smallest absolute Gasteiger partial charge is 0.239 e. The molecule has 1 fully saturated rings. The van der Waals surface area contributed by atoms with Crippen molar-refractivity contribution in [3.8, 4) is 11.5 Å². The van der Waals surface area contributed by atoms with Gasteiger partial charge in [0.25, 0.3) is 0 Å². The average molecular weight is 306 g/mol. The molecule has 1 heterocycles. The van der Waals surface area contributed by atoms with Gasteiger partial charge in [-0.15, -0.1) is 0 Å². The van der Waals surface area contributed by atoms with Gasteiger partial charge in [0.05, 0.1) is 20.3 Å². The van der Waals surface area contributed by atoms with Crippen LogP contribution in [0.3, 0.4) is 0 Å². The van der Waals surface area contributed by atoms with Gasteiger partial charge in [0.1, 0.15) is 11.5 Å². The molecule has 0 aromatic heterocycles. The van der Waals surface area contributed by atoms with Gasteiger partial charge in [-0.05, 0) is 44.9 Å². The number of nitrogens with zero attached hydrogens (tertiary/aromatic N) is 1. The largest absolute Gasteiger partial charge is 0.497 e. The molecule has 1 amide bonds. The predicted molar refractivity (Wildman–Crippen MR) is 86.4 cm³/mol. The van der Waals surface area contributed by atoms with Crippen molar-refractivity contribution in [2.75, 3.05) is 27.3 Å². The predicted octanol–water partition coefficient (Wildman–Crippen LogP) is 2.37. The van der Waals surface area contributed by atoms with Gasteiger partial charge in [-0.2, -0.15) is 0 Å². The van der Waals surface area contributed by atoms with Crippen molar-refractivity contribution in [1.82, 2.24) is 10.2 Å². The average Bonchev–Trinajstić information content (AvgIpc) is 3.07. The van der Waals surface area contributed by atoms with E-state index in [1.165, 1.54) is 0 Å². The molecule has 1 aliphatic heterocycles. The van der Waals surface area contributed by atoms with E-state index >= 15 is 0 Å². The minimum atomic E-state index is -0.219. The third kappa shape index (κ3) is 3.71. The number of carbonyl (C=O) groups excluding carboxylic acids is 1. The van der Waals surface area contributed by atoms with Crippen molar-refractivity contribution in [3.63, 3.8) is 0 Å². The fourth-order valence-electron chi connectivity index (χ4n) is 2.93. The maximum atomic E-state index is 12.4. The third-order valence-electron chi connectivity index (χ3n) is 4.19. The van der Waals surface area contributed by atoms with Gasteiger partial charge in [-0.3, -0.25) is 10.1 Å². The zero-order valence-corrected chi connectivity index (χ0v) is 13.9. The van der Waals surface area contributed by atoms with Gasteiger partial charge in [-0.1, -0.05) is 0 Å². The summed E-state index contributed by atoms with van der Waals surface area (Å²) < 4.78 is 10.7. The summed E-state index contributed by atoms with van der Waals surface area (Å²) in [4.78, 5) is 14.3. The Morgan fingerprint density at radius 1 is 1.18 bits per heavy atom. The van der Waals surface area contributed by atoms with Crippen molar-refractivity contribution < 1.29 is 14.3 Å². The first-order valence-corrected chi connectivity index (χ1v) is 7.83. The fraction of sp³-hybridized carbons (Fsp3) is 0.588. The van der Waals surface area contributed by atoms with Crippen molar-refractivity contribution in [2.45, 2.75) is 38.8 Å². The van der Waals surface area contributed by atoms with Gasteiger partial charge >= 0.3 is 0 Å². The monoisotopic (exact) mass is 306 g/mol. The minimum absolute atomic E-state index is 0.00777. The van der Waals surface area contributed by atoms with E-state index in [0.29, 0.717) is 0 Å². The van der Waals surface area contributed by atoms with Gasteiger partial charge in [0, 0.05) is 24.7 Å². The summed E-state index contributed by atoms with van der Waals surface area (Å²) in [5.41, 5.74) is 0.989. The van der Waals surface area contributed by atoms with E-state index in [0.717, 1.165) is 43.0 Å². The maximum absolute atomic E-state index is 12.4. The Bertz CT molecular complexity index is 513. The molecule has 0 spiro atoms. The summed E-state index contributed by atoms with van der Waals surface area (Å²) >= 11 is 0. The Kier molecular flexibility index (Phi) is 5.66. The van der Waals surface area contributed by atoms with Gasteiger partial charge in [0.2, 0.25) is 5.91 Å². The molecule has 5 heteroatoms. The molecule has 0 bridgehead atoms. The molecule has 122 valence electrons. The molecular weight excluding hydrogens is 280 g/mol. The normalized spacial score (nSPS) is 17.2. The molecule has 1 aromatic carbocycles. The minimum Gasteiger partial charge on any atom is -0.497 e. The Morgan fingerprint density at radius 3 is 2.45 bits per heavy atom. The molecular formula is C17H26N2O3. The van der Waals surface area contributed by atoms with Gasteiger partial charge < -0.3 is 14.4 Å². The number of hydrogen-bond acceptors (Lipinski definition) is 4. The Labute approximate surface area is 132 Å². The van der Waals surface area contributed by atoms with Crippen LogP contribution in [0.15, 0.2) is 18.2 Å². The Hall–Kier alpha value is -1.75. The second kappa shape index (κ2) is 7.49. The van der Waals surface area contributed by atoms with Gasteiger partial charge in [0.15, 0.2) is 0 Å². The summed E-state index contributed by atoms with van der Waals surface area (Å²) in [6.45, 7) is 5.71. The van der Waals surface area contributed by atoms with Crippen LogP contribution in [0.4, 0.5) is 0 Å². The number of likely N-dealkylation sites (tertiary alicyclic amines) is 1. The summed E-state index contributed by atoms with van der Waals surface area (Å²) in [5.74, 6) is 1.75. The van der Waals surface area contributed by atoms with Crippen LogP contribution in [0, 0.1) is 0 Å².